The molecule has 1 saturated heterocycles. The maximum Gasteiger partial charge on any atom is 0.238 e. The van der Waals surface area contributed by atoms with Crippen molar-refractivity contribution >= 4 is 5.91 Å². The molecule has 0 unspecified atom stereocenters. The standard InChI is InChI=1S/C19H23N3O/c1-17-13-22(21-16(23)10-14-6-4-3-5-7-14)19(12-20)11-15(17)8-9-18(17,19)2/h3-7,15H,8-11,13H2,1-2H3,(H,21,23)/t15-,17-,18+,19-/m0/s1. The zero-order chi connectivity index (χ0) is 16.3. The van der Waals surface area contributed by atoms with Crippen molar-refractivity contribution in [3.63, 3.8) is 0 Å². The highest BCUT2D eigenvalue weighted by Gasteiger charge is 2.78. The lowest BCUT2D eigenvalue weighted by Gasteiger charge is -2.42. The predicted octanol–water partition coefficient (Wildman–Crippen LogP) is 2.66. The largest absolute Gasteiger partial charge is 0.287 e. The van der Waals surface area contributed by atoms with Crippen LogP contribution in [0.3, 0.4) is 0 Å². The van der Waals surface area contributed by atoms with Gasteiger partial charge < -0.3 is 0 Å². The summed E-state index contributed by atoms with van der Waals surface area (Å²) in [5.74, 6) is 0.593. The van der Waals surface area contributed by atoms with Crippen molar-refractivity contribution in [2.75, 3.05) is 6.54 Å². The Bertz CT molecular complexity index is 696. The highest BCUT2D eigenvalue weighted by molar-refractivity contribution is 5.78. The van der Waals surface area contributed by atoms with E-state index in [1.807, 2.05) is 35.3 Å². The highest BCUT2D eigenvalue weighted by atomic mass is 16.2. The predicted molar refractivity (Wildman–Crippen MR) is 86.9 cm³/mol. The third kappa shape index (κ3) is 1.66. The molecule has 4 atom stereocenters. The Balaban J connectivity index is 1.55. The Morgan fingerprint density at radius 3 is 2.78 bits per heavy atom. The third-order valence-corrected chi connectivity index (χ3v) is 7.21. The molecule has 4 rings (SSSR count). The SMILES string of the molecule is C[C@]12CC[C@H]3C[C@@]1(C#N)N(NC(=O)Cc1ccccc1)C[C@@]32C. The number of nitriles is 1. The summed E-state index contributed by atoms with van der Waals surface area (Å²) in [5.41, 5.74) is 3.65. The van der Waals surface area contributed by atoms with E-state index in [0.29, 0.717) is 12.3 Å². The second kappa shape index (κ2) is 4.58. The summed E-state index contributed by atoms with van der Waals surface area (Å²) in [7, 11) is 0. The van der Waals surface area contributed by atoms with Crippen molar-refractivity contribution in [2.45, 2.75) is 45.1 Å². The van der Waals surface area contributed by atoms with Gasteiger partial charge in [-0.25, -0.2) is 0 Å². The molecule has 1 heterocycles. The van der Waals surface area contributed by atoms with Gasteiger partial charge in [0.05, 0.1) is 12.5 Å². The normalized spacial score (nSPS) is 41.0. The number of rotatable bonds is 3. The number of carbonyl (C=O) groups is 1. The van der Waals surface area contributed by atoms with Crippen LogP contribution in [0.15, 0.2) is 30.3 Å². The quantitative estimate of drug-likeness (QED) is 0.934. The first-order valence-corrected chi connectivity index (χ1v) is 8.47. The number of hydrogen-bond acceptors (Lipinski definition) is 3. The van der Waals surface area contributed by atoms with Crippen LogP contribution in [0, 0.1) is 28.1 Å². The van der Waals surface area contributed by atoms with Gasteiger partial charge in [0.2, 0.25) is 5.91 Å². The van der Waals surface area contributed by atoms with Gasteiger partial charge in [-0.1, -0.05) is 44.2 Å². The van der Waals surface area contributed by atoms with Gasteiger partial charge in [0.15, 0.2) is 0 Å². The van der Waals surface area contributed by atoms with Crippen LogP contribution < -0.4 is 5.43 Å². The monoisotopic (exact) mass is 309 g/mol. The van der Waals surface area contributed by atoms with Gasteiger partial charge in [-0.15, -0.1) is 0 Å². The first kappa shape index (κ1) is 14.7. The van der Waals surface area contributed by atoms with Crippen LogP contribution >= 0.6 is 0 Å². The molecule has 4 bridgehead atoms. The molecule has 1 aromatic rings. The number of piperidine rings is 1. The maximum atomic E-state index is 12.5. The molecule has 3 aliphatic rings. The van der Waals surface area contributed by atoms with Gasteiger partial charge in [0, 0.05) is 12.0 Å². The topological polar surface area (TPSA) is 56.1 Å². The average molecular weight is 309 g/mol. The van der Waals surface area contributed by atoms with E-state index in [-0.39, 0.29) is 16.7 Å². The summed E-state index contributed by atoms with van der Waals surface area (Å²) in [6, 6.07) is 12.3. The fraction of sp³-hybridized carbons (Fsp3) is 0.579. The van der Waals surface area contributed by atoms with Gasteiger partial charge in [0.1, 0.15) is 5.54 Å². The maximum absolute atomic E-state index is 12.5. The smallest absolute Gasteiger partial charge is 0.238 e. The van der Waals surface area contributed by atoms with Gasteiger partial charge >= 0.3 is 0 Å². The van der Waals surface area contributed by atoms with Crippen LogP contribution in [-0.2, 0) is 11.2 Å². The number of amides is 1. The van der Waals surface area contributed by atoms with Crippen molar-refractivity contribution in [1.82, 2.24) is 10.4 Å². The molecule has 1 N–H and O–H groups in total. The van der Waals surface area contributed by atoms with Gasteiger partial charge in [-0.05, 0) is 36.2 Å². The summed E-state index contributed by atoms with van der Waals surface area (Å²) in [6.07, 6.45) is 3.56. The minimum absolute atomic E-state index is 0.0144. The van der Waals surface area contributed by atoms with Gasteiger partial charge in [-0.2, -0.15) is 10.3 Å². The number of carbonyl (C=O) groups excluding carboxylic acids is 1. The molecular weight excluding hydrogens is 286 g/mol. The molecule has 1 aliphatic heterocycles. The van der Waals surface area contributed by atoms with E-state index >= 15 is 0 Å². The van der Waals surface area contributed by atoms with Crippen molar-refractivity contribution in [3.8, 4) is 6.07 Å². The van der Waals surface area contributed by atoms with Gasteiger partial charge in [0.25, 0.3) is 0 Å². The fourth-order valence-corrected chi connectivity index (χ4v) is 5.62. The molecule has 0 aromatic heterocycles. The lowest BCUT2D eigenvalue weighted by Crippen LogP contribution is -2.59. The van der Waals surface area contributed by atoms with E-state index in [1.54, 1.807) is 0 Å². The molecule has 0 spiro atoms. The zero-order valence-corrected chi connectivity index (χ0v) is 13.8. The van der Waals surface area contributed by atoms with Crippen LogP contribution in [0.1, 0.15) is 38.7 Å². The molecule has 4 nitrogen and oxygen atoms in total. The van der Waals surface area contributed by atoms with Gasteiger partial charge in [-0.3, -0.25) is 10.2 Å². The van der Waals surface area contributed by atoms with Crippen LogP contribution in [0.25, 0.3) is 0 Å². The summed E-state index contributed by atoms with van der Waals surface area (Å²) < 4.78 is 0. The summed E-state index contributed by atoms with van der Waals surface area (Å²) in [4.78, 5) is 12.5. The number of nitrogens with zero attached hydrogens (tertiary/aromatic N) is 2. The van der Waals surface area contributed by atoms with E-state index in [0.717, 1.165) is 24.9 Å². The molecule has 120 valence electrons. The first-order chi connectivity index (χ1) is 11.0. The Morgan fingerprint density at radius 1 is 1.39 bits per heavy atom. The number of hydrazine groups is 1. The molecule has 23 heavy (non-hydrogen) atoms. The molecular formula is C19H23N3O. The second-order valence-electron chi connectivity index (χ2n) is 7.94. The summed E-state index contributed by atoms with van der Waals surface area (Å²) in [6.45, 7) is 5.36. The molecule has 3 fully saturated rings. The van der Waals surface area contributed by atoms with E-state index in [2.05, 4.69) is 25.3 Å². The summed E-state index contributed by atoms with van der Waals surface area (Å²) in [5, 5.41) is 11.9. The van der Waals surface area contributed by atoms with Crippen molar-refractivity contribution in [1.29, 1.82) is 5.26 Å². The van der Waals surface area contributed by atoms with E-state index in [1.165, 1.54) is 6.42 Å². The first-order valence-electron chi connectivity index (χ1n) is 8.47. The van der Waals surface area contributed by atoms with Crippen molar-refractivity contribution < 1.29 is 4.79 Å². The fourth-order valence-electron chi connectivity index (χ4n) is 5.62. The highest BCUT2D eigenvalue weighted by Crippen LogP contribution is 2.75. The van der Waals surface area contributed by atoms with Crippen LogP contribution in [0.4, 0.5) is 0 Å². The van der Waals surface area contributed by atoms with Crippen LogP contribution in [-0.4, -0.2) is 23.0 Å². The van der Waals surface area contributed by atoms with E-state index in [4.69, 9.17) is 0 Å². The minimum atomic E-state index is -0.531. The lowest BCUT2D eigenvalue weighted by atomic mass is 9.66. The Hall–Kier alpha value is -1.86. The number of benzene rings is 1. The second-order valence-corrected chi connectivity index (χ2v) is 7.94. The minimum Gasteiger partial charge on any atom is -0.287 e. The van der Waals surface area contributed by atoms with E-state index < -0.39 is 5.54 Å². The average Bonchev–Trinajstić information content (AvgIpc) is 2.97. The molecule has 2 aliphatic carbocycles. The number of hydrogen-bond donors (Lipinski definition) is 1. The van der Waals surface area contributed by atoms with E-state index in [9.17, 15) is 10.1 Å². The van der Waals surface area contributed by atoms with Crippen LogP contribution in [0.2, 0.25) is 0 Å². The summed E-state index contributed by atoms with van der Waals surface area (Å²) >= 11 is 0. The van der Waals surface area contributed by atoms with Crippen LogP contribution in [0.5, 0.6) is 0 Å². The Morgan fingerprint density at radius 2 is 2.13 bits per heavy atom. The molecule has 1 aromatic carbocycles. The Kier molecular flexibility index (Phi) is 2.93. The lowest BCUT2D eigenvalue weighted by molar-refractivity contribution is -0.128. The zero-order valence-electron chi connectivity index (χ0n) is 13.8. The number of nitrogens with one attached hydrogen (secondary N) is 1. The molecule has 0 radical (unpaired) electrons. The molecule has 2 saturated carbocycles. The van der Waals surface area contributed by atoms with Crippen molar-refractivity contribution in [3.05, 3.63) is 35.9 Å². The molecule has 1 amide bonds. The van der Waals surface area contributed by atoms with Crippen molar-refractivity contribution in [2.24, 2.45) is 16.7 Å². The Labute approximate surface area is 137 Å². The molecule has 4 heteroatoms. The third-order valence-electron chi connectivity index (χ3n) is 7.21.